The van der Waals surface area contributed by atoms with E-state index in [0.29, 0.717) is 23.5 Å². The Kier molecular flexibility index (Phi) is 2.14. The molecule has 1 aliphatic rings. The normalized spacial score (nSPS) is 14.3. The fourth-order valence-electron chi connectivity index (χ4n) is 1.47. The monoisotopic (exact) mass is 257 g/mol. The summed E-state index contributed by atoms with van der Waals surface area (Å²) in [5.74, 6) is 0.655. The summed E-state index contributed by atoms with van der Waals surface area (Å²) in [6.45, 7) is 2.51. The topological polar surface area (TPSA) is 66.3 Å². The van der Waals surface area contributed by atoms with Crippen molar-refractivity contribution >= 4 is 22.0 Å². The highest BCUT2D eigenvalue weighted by Gasteiger charge is 2.26. The van der Waals surface area contributed by atoms with Crippen LogP contribution in [0.15, 0.2) is 4.60 Å². The third-order valence-corrected chi connectivity index (χ3v) is 2.77. The molecule has 0 atom stereocenters. The van der Waals surface area contributed by atoms with Gasteiger partial charge >= 0.3 is 6.09 Å². The molecule has 0 unspecified atom stereocenters. The molecular weight excluding hydrogens is 250 g/mol. The summed E-state index contributed by atoms with van der Waals surface area (Å²) in [5, 5.41) is 8.81. The van der Waals surface area contributed by atoms with Crippen molar-refractivity contribution in [3.63, 3.8) is 0 Å². The van der Waals surface area contributed by atoms with E-state index in [1.54, 1.807) is 6.92 Å². The lowest BCUT2D eigenvalue weighted by Crippen LogP contribution is -2.22. The Morgan fingerprint density at radius 3 is 2.86 bits per heavy atom. The molecule has 0 radical (unpaired) electrons. The van der Waals surface area contributed by atoms with Gasteiger partial charge in [-0.2, -0.15) is 0 Å². The van der Waals surface area contributed by atoms with Crippen LogP contribution >= 0.6 is 15.9 Å². The van der Waals surface area contributed by atoms with Gasteiger partial charge in [0.2, 0.25) is 0 Å². The SMILES string of the molecule is Cc1nc(Br)c2c(n1)CN(C(=O)O)C2. The zero-order valence-electron chi connectivity index (χ0n) is 7.49. The van der Waals surface area contributed by atoms with E-state index in [9.17, 15) is 4.79 Å². The number of fused-ring (bicyclic) bond motifs is 1. The Labute approximate surface area is 88.9 Å². The molecule has 0 saturated heterocycles. The molecule has 0 spiro atoms. The Morgan fingerprint density at radius 1 is 1.50 bits per heavy atom. The first kappa shape index (κ1) is 9.39. The van der Waals surface area contributed by atoms with Gasteiger partial charge in [-0.05, 0) is 22.9 Å². The summed E-state index contributed by atoms with van der Waals surface area (Å²) in [7, 11) is 0. The van der Waals surface area contributed by atoms with E-state index in [4.69, 9.17) is 5.11 Å². The van der Waals surface area contributed by atoms with Gasteiger partial charge in [0, 0.05) is 5.56 Å². The molecule has 1 amide bonds. The Balaban J connectivity index is 2.39. The zero-order chi connectivity index (χ0) is 10.3. The van der Waals surface area contributed by atoms with Crippen LogP contribution in [0.4, 0.5) is 4.79 Å². The minimum absolute atomic E-state index is 0.354. The summed E-state index contributed by atoms with van der Waals surface area (Å²) < 4.78 is 0.698. The van der Waals surface area contributed by atoms with E-state index >= 15 is 0 Å². The Hall–Kier alpha value is -1.17. The molecule has 74 valence electrons. The van der Waals surface area contributed by atoms with Crippen molar-refractivity contribution in [2.45, 2.75) is 20.0 Å². The quantitative estimate of drug-likeness (QED) is 0.717. The van der Waals surface area contributed by atoms with Crippen LogP contribution in [-0.2, 0) is 13.1 Å². The van der Waals surface area contributed by atoms with Crippen molar-refractivity contribution in [3.05, 3.63) is 21.7 Å². The number of hydrogen-bond donors (Lipinski definition) is 1. The zero-order valence-corrected chi connectivity index (χ0v) is 9.08. The van der Waals surface area contributed by atoms with Crippen LogP contribution in [0.1, 0.15) is 17.1 Å². The fraction of sp³-hybridized carbons (Fsp3) is 0.375. The molecule has 2 rings (SSSR count). The molecule has 5 nitrogen and oxygen atoms in total. The van der Waals surface area contributed by atoms with E-state index in [2.05, 4.69) is 25.9 Å². The number of rotatable bonds is 0. The third kappa shape index (κ3) is 1.45. The fourth-order valence-corrected chi connectivity index (χ4v) is 2.08. The first-order valence-electron chi connectivity index (χ1n) is 4.07. The maximum atomic E-state index is 10.7. The Bertz CT molecular complexity index is 408. The first-order chi connectivity index (χ1) is 6.58. The number of aryl methyl sites for hydroxylation is 1. The number of carboxylic acid groups (broad SMARTS) is 1. The number of carbonyl (C=O) groups is 1. The lowest BCUT2D eigenvalue weighted by Gasteiger charge is -2.08. The average molecular weight is 258 g/mol. The predicted molar refractivity (Wildman–Crippen MR) is 51.7 cm³/mol. The van der Waals surface area contributed by atoms with E-state index < -0.39 is 6.09 Å². The van der Waals surface area contributed by atoms with Gasteiger partial charge in [-0.25, -0.2) is 14.8 Å². The molecular formula is C8H8BrN3O2. The summed E-state index contributed by atoms with van der Waals surface area (Å²) in [5.41, 5.74) is 1.67. The van der Waals surface area contributed by atoms with Crippen molar-refractivity contribution in [1.82, 2.24) is 14.9 Å². The summed E-state index contributed by atoms with van der Waals surface area (Å²) in [6, 6.07) is 0. The summed E-state index contributed by atoms with van der Waals surface area (Å²) >= 11 is 3.30. The minimum atomic E-state index is -0.924. The van der Waals surface area contributed by atoms with Gasteiger partial charge < -0.3 is 5.11 Å². The molecule has 0 fully saturated rings. The van der Waals surface area contributed by atoms with E-state index in [0.717, 1.165) is 11.3 Å². The number of nitrogens with zero attached hydrogens (tertiary/aromatic N) is 3. The molecule has 0 bridgehead atoms. The average Bonchev–Trinajstić information content (AvgIpc) is 2.47. The van der Waals surface area contributed by atoms with Gasteiger partial charge in [0.1, 0.15) is 10.4 Å². The van der Waals surface area contributed by atoms with Gasteiger partial charge in [-0.3, -0.25) is 4.90 Å². The van der Waals surface area contributed by atoms with E-state index in [1.807, 2.05) is 0 Å². The number of halogens is 1. The second-order valence-electron chi connectivity index (χ2n) is 3.13. The van der Waals surface area contributed by atoms with Crippen molar-refractivity contribution in [3.8, 4) is 0 Å². The van der Waals surface area contributed by atoms with Gasteiger partial charge in [-0.15, -0.1) is 0 Å². The minimum Gasteiger partial charge on any atom is -0.465 e. The first-order valence-corrected chi connectivity index (χ1v) is 4.87. The smallest absolute Gasteiger partial charge is 0.407 e. The van der Waals surface area contributed by atoms with Crippen molar-refractivity contribution in [2.24, 2.45) is 0 Å². The van der Waals surface area contributed by atoms with Crippen LogP contribution in [0.25, 0.3) is 0 Å². The van der Waals surface area contributed by atoms with Gasteiger partial charge in [0.25, 0.3) is 0 Å². The van der Waals surface area contributed by atoms with Gasteiger partial charge in [-0.1, -0.05) is 0 Å². The van der Waals surface area contributed by atoms with Crippen molar-refractivity contribution < 1.29 is 9.90 Å². The van der Waals surface area contributed by atoms with E-state index in [-0.39, 0.29) is 0 Å². The van der Waals surface area contributed by atoms with Crippen LogP contribution in [0.3, 0.4) is 0 Å². The molecule has 1 aromatic heterocycles. The van der Waals surface area contributed by atoms with Gasteiger partial charge in [0.05, 0.1) is 18.8 Å². The standard InChI is InChI=1S/C8H8BrN3O2/c1-4-10-6-3-12(8(13)14)2-5(6)7(9)11-4/h2-3H2,1H3,(H,13,14). The predicted octanol–water partition coefficient (Wildman–Crippen LogP) is 1.54. The van der Waals surface area contributed by atoms with Crippen molar-refractivity contribution in [2.75, 3.05) is 0 Å². The Morgan fingerprint density at radius 2 is 2.21 bits per heavy atom. The molecule has 1 aliphatic heterocycles. The molecule has 0 aliphatic carbocycles. The second kappa shape index (κ2) is 3.20. The summed E-state index contributed by atoms with van der Waals surface area (Å²) in [6.07, 6.45) is -0.924. The maximum Gasteiger partial charge on any atom is 0.407 e. The van der Waals surface area contributed by atoms with Crippen LogP contribution in [0, 0.1) is 6.92 Å². The lowest BCUT2D eigenvalue weighted by molar-refractivity contribution is 0.145. The van der Waals surface area contributed by atoms with E-state index in [1.165, 1.54) is 4.90 Å². The van der Waals surface area contributed by atoms with Crippen LogP contribution in [0.5, 0.6) is 0 Å². The van der Waals surface area contributed by atoms with Crippen LogP contribution in [0.2, 0.25) is 0 Å². The molecule has 2 heterocycles. The highest BCUT2D eigenvalue weighted by Crippen LogP contribution is 2.26. The largest absolute Gasteiger partial charge is 0.465 e. The second-order valence-corrected chi connectivity index (χ2v) is 3.88. The highest BCUT2D eigenvalue weighted by molar-refractivity contribution is 9.10. The molecule has 0 aromatic carbocycles. The lowest BCUT2D eigenvalue weighted by atomic mass is 10.3. The molecule has 1 N–H and O–H groups in total. The summed E-state index contributed by atoms with van der Waals surface area (Å²) in [4.78, 5) is 20.4. The van der Waals surface area contributed by atoms with Crippen LogP contribution in [-0.4, -0.2) is 26.1 Å². The third-order valence-electron chi connectivity index (χ3n) is 2.11. The van der Waals surface area contributed by atoms with Gasteiger partial charge in [0.15, 0.2) is 0 Å². The maximum absolute atomic E-state index is 10.7. The molecule has 14 heavy (non-hydrogen) atoms. The number of hydrogen-bond acceptors (Lipinski definition) is 3. The number of amides is 1. The molecule has 1 aromatic rings. The molecule has 0 saturated carbocycles. The van der Waals surface area contributed by atoms with Crippen molar-refractivity contribution in [1.29, 1.82) is 0 Å². The van der Waals surface area contributed by atoms with Crippen LogP contribution < -0.4 is 0 Å². The highest BCUT2D eigenvalue weighted by atomic mass is 79.9. The molecule has 6 heteroatoms. The number of aromatic nitrogens is 2.